The van der Waals surface area contributed by atoms with Gasteiger partial charge in [0.2, 0.25) is 0 Å². The number of allylic oxidation sites excluding steroid dienone is 2. The average Bonchev–Trinajstić information content (AvgIpc) is 2.24. The van der Waals surface area contributed by atoms with E-state index in [0.717, 1.165) is 6.42 Å². The Balaban J connectivity index is 2.97. The van der Waals surface area contributed by atoms with Crippen LogP contribution in [0.1, 0.15) is 34.1 Å². The van der Waals surface area contributed by atoms with E-state index in [-0.39, 0.29) is 11.5 Å². The molecule has 0 aromatic rings. The van der Waals surface area contributed by atoms with Crippen LogP contribution >= 0.6 is 0 Å². The second kappa shape index (κ2) is 4.86. The van der Waals surface area contributed by atoms with Gasteiger partial charge in [0.05, 0.1) is 0 Å². The summed E-state index contributed by atoms with van der Waals surface area (Å²) in [6.45, 7) is 12.8. The quantitative estimate of drug-likeness (QED) is 0.538. The summed E-state index contributed by atoms with van der Waals surface area (Å²) in [6.07, 6.45) is 5.14. The zero-order valence-corrected chi connectivity index (χ0v) is 10.7. The molecule has 0 heterocycles. The Morgan fingerprint density at radius 2 is 2.31 bits per heavy atom. The largest absolute Gasteiger partial charge is 0.461 e. The highest BCUT2D eigenvalue weighted by Gasteiger charge is 2.40. The first kappa shape index (κ1) is 13.0. The molecule has 16 heavy (non-hydrogen) atoms. The van der Waals surface area contributed by atoms with E-state index in [1.54, 1.807) is 0 Å². The molecule has 2 heteroatoms. The minimum atomic E-state index is -0.372. The third kappa shape index (κ3) is 2.37. The van der Waals surface area contributed by atoms with Gasteiger partial charge in [-0.3, -0.25) is 4.79 Å². The van der Waals surface area contributed by atoms with Gasteiger partial charge in [-0.25, -0.2) is 0 Å². The van der Waals surface area contributed by atoms with Crippen molar-refractivity contribution in [3.8, 4) is 0 Å². The summed E-state index contributed by atoms with van der Waals surface area (Å²) < 4.78 is 5.32. The van der Waals surface area contributed by atoms with Crippen molar-refractivity contribution in [2.24, 2.45) is 17.8 Å². The molecule has 0 aliphatic heterocycles. The normalized spacial score (nSPS) is 36.1. The zero-order chi connectivity index (χ0) is 12.3. The minimum absolute atomic E-state index is 0.283. The Morgan fingerprint density at radius 1 is 1.69 bits per heavy atom. The van der Waals surface area contributed by atoms with Crippen LogP contribution in [0.25, 0.3) is 0 Å². The molecule has 1 aliphatic carbocycles. The maximum Gasteiger partial charge on any atom is 0.293 e. The lowest BCUT2D eigenvalue weighted by atomic mass is 9.70. The molecule has 0 saturated heterocycles. The van der Waals surface area contributed by atoms with E-state index in [4.69, 9.17) is 4.74 Å². The molecule has 1 rings (SSSR count). The van der Waals surface area contributed by atoms with E-state index in [1.165, 1.54) is 5.57 Å². The highest BCUT2D eigenvalue weighted by molar-refractivity contribution is 5.39. The molecule has 2 nitrogen and oxygen atoms in total. The van der Waals surface area contributed by atoms with Crippen LogP contribution in [0, 0.1) is 17.8 Å². The van der Waals surface area contributed by atoms with E-state index in [2.05, 4.69) is 33.4 Å². The number of rotatable bonds is 4. The first-order valence-electron chi connectivity index (χ1n) is 5.87. The predicted molar refractivity (Wildman–Crippen MR) is 65.9 cm³/mol. The van der Waals surface area contributed by atoms with Crippen molar-refractivity contribution in [3.05, 3.63) is 24.3 Å². The van der Waals surface area contributed by atoms with E-state index in [0.29, 0.717) is 18.3 Å². The number of hydrogen-bond acceptors (Lipinski definition) is 2. The smallest absolute Gasteiger partial charge is 0.293 e. The van der Waals surface area contributed by atoms with Crippen LogP contribution in [0.3, 0.4) is 0 Å². The van der Waals surface area contributed by atoms with Crippen LogP contribution in [0.15, 0.2) is 24.3 Å². The molecular formula is C14H22O2. The van der Waals surface area contributed by atoms with Gasteiger partial charge < -0.3 is 4.74 Å². The van der Waals surface area contributed by atoms with Crippen LogP contribution in [0.2, 0.25) is 0 Å². The minimum Gasteiger partial charge on any atom is -0.461 e. The van der Waals surface area contributed by atoms with Crippen molar-refractivity contribution >= 4 is 6.47 Å². The summed E-state index contributed by atoms with van der Waals surface area (Å²) in [5.74, 6) is 1.11. The van der Waals surface area contributed by atoms with E-state index < -0.39 is 0 Å². The molecule has 0 radical (unpaired) electrons. The summed E-state index contributed by atoms with van der Waals surface area (Å²) >= 11 is 0. The molecule has 0 aromatic heterocycles. The second-order valence-electron chi connectivity index (χ2n) is 5.12. The van der Waals surface area contributed by atoms with Gasteiger partial charge in [-0.15, -0.1) is 6.58 Å². The molecule has 0 fully saturated rings. The highest BCUT2D eigenvalue weighted by Crippen LogP contribution is 2.41. The third-order valence-electron chi connectivity index (χ3n) is 4.08. The van der Waals surface area contributed by atoms with Gasteiger partial charge in [0.15, 0.2) is 0 Å². The summed E-state index contributed by atoms with van der Waals surface area (Å²) in [4.78, 5) is 10.6. The van der Waals surface area contributed by atoms with Crippen molar-refractivity contribution in [2.45, 2.75) is 39.7 Å². The monoisotopic (exact) mass is 222 g/mol. The molecule has 90 valence electrons. The fourth-order valence-corrected chi connectivity index (χ4v) is 2.44. The molecule has 0 spiro atoms. The van der Waals surface area contributed by atoms with E-state index in [1.807, 2.05) is 13.0 Å². The van der Waals surface area contributed by atoms with Gasteiger partial charge in [-0.05, 0) is 32.1 Å². The Bertz CT molecular complexity index is 306. The lowest BCUT2D eigenvalue weighted by Gasteiger charge is -2.42. The fraction of sp³-hybridized carbons (Fsp3) is 0.643. The van der Waals surface area contributed by atoms with Crippen LogP contribution in [-0.2, 0) is 9.53 Å². The number of carbonyl (C=O) groups is 1. The first-order chi connectivity index (χ1) is 7.44. The van der Waals surface area contributed by atoms with Crippen molar-refractivity contribution in [1.29, 1.82) is 0 Å². The van der Waals surface area contributed by atoms with Crippen molar-refractivity contribution in [3.63, 3.8) is 0 Å². The lowest BCUT2D eigenvalue weighted by molar-refractivity contribution is -0.148. The van der Waals surface area contributed by atoms with Gasteiger partial charge in [0, 0.05) is 5.92 Å². The predicted octanol–water partition coefficient (Wildman–Crippen LogP) is 3.34. The first-order valence-corrected chi connectivity index (χ1v) is 5.87. The average molecular weight is 222 g/mol. The number of ether oxygens (including phenoxy) is 1. The van der Waals surface area contributed by atoms with Crippen molar-refractivity contribution < 1.29 is 9.53 Å². The zero-order valence-electron chi connectivity index (χ0n) is 10.7. The Morgan fingerprint density at radius 3 is 2.81 bits per heavy atom. The van der Waals surface area contributed by atoms with E-state index in [9.17, 15) is 4.79 Å². The van der Waals surface area contributed by atoms with Gasteiger partial charge in [-0.2, -0.15) is 0 Å². The van der Waals surface area contributed by atoms with Crippen LogP contribution in [0.4, 0.5) is 0 Å². The maximum atomic E-state index is 10.6. The van der Waals surface area contributed by atoms with Crippen molar-refractivity contribution in [1.82, 2.24) is 0 Å². The number of carbonyl (C=O) groups excluding carboxylic acids is 1. The topological polar surface area (TPSA) is 26.3 Å². The molecule has 4 atom stereocenters. The fourth-order valence-electron chi connectivity index (χ4n) is 2.44. The van der Waals surface area contributed by atoms with E-state index >= 15 is 0 Å². The van der Waals surface area contributed by atoms with Gasteiger partial charge in [-0.1, -0.05) is 31.6 Å². The highest BCUT2D eigenvalue weighted by atomic mass is 16.5. The Kier molecular flexibility index (Phi) is 3.95. The lowest BCUT2D eigenvalue weighted by Crippen LogP contribution is -2.42. The molecular weight excluding hydrogens is 200 g/mol. The summed E-state index contributed by atoms with van der Waals surface area (Å²) in [5.41, 5.74) is 0.928. The number of hydrogen-bond donors (Lipinski definition) is 0. The second-order valence-corrected chi connectivity index (χ2v) is 5.12. The summed E-state index contributed by atoms with van der Waals surface area (Å²) in [7, 11) is 0. The van der Waals surface area contributed by atoms with Crippen molar-refractivity contribution in [2.75, 3.05) is 0 Å². The van der Waals surface area contributed by atoms with Crippen LogP contribution in [0.5, 0.6) is 0 Å². The molecule has 1 aliphatic rings. The SMILES string of the molecule is C=CC(C)C1C=C(C)C(C)C(C)(OC=O)C1. The third-order valence-corrected chi connectivity index (χ3v) is 4.08. The Labute approximate surface area is 98.4 Å². The molecule has 4 unspecified atom stereocenters. The maximum absolute atomic E-state index is 10.6. The van der Waals surface area contributed by atoms with Crippen LogP contribution in [-0.4, -0.2) is 12.1 Å². The van der Waals surface area contributed by atoms with Gasteiger partial charge >= 0.3 is 0 Å². The molecule has 0 amide bonds. The molecule has 0 saturated carbocycles. The summed E-state index contributed by atoms with van der Waals surface area (Å²) in [5, 5.41) is 0. The van der Waals surface area contributed by atoms with Gasteiger partial charge in [0.1, 0.15) is 5.60 Å². The molecule has 0 bridgehead atoms. The summed E-state index contributed by atoms with van der Waals surface area (Å²) in [6, 6.07) is 0. The molecule has 0 N–H and O–H groups in total. The molecule has 0 aromatic carbocycles. The van der Waals surface area contributed by atoms with Gasteiger partial charge in [0.25, 0.3) is 6.47 Å². The standard InChI is InChI=1S/C14H22O2/c1-6-10(2)13-7-11(3)12(4)14(5,8-13)16-9-15/h6-7,9-10,12-13H,1,8H2,2-5H3. The Hall–Kier alpha value is -1.05. The van der Waals surface area contributed by atoms with Crippen LogP contribution < -0.4 is 0 Å².